The number of ether oxygens (including phenoxy) is 3. The predicted molar refractivity (Wildman–Crippen MR) is 139 cm³/mol. The van der Waals surface area contributed by atoms with Crippen LogP contribution < -0.4 is 23.8 Å². The van der Waals surface area contributed by atoms with Crippen LogP contribution in [0, 0.1) is 0 Å². The zero-order valence-corrected chi connectivity index (χ0v) is 21.9. The molecule has 0 saturated carbocycles. The number of sulfonamides is 1. The van der Waals surface area contributed by atoms with Crippen molar-refractivity contribution in [2.24, 2.45) is 0 Å². The van der Waals surface area contributed by atoms with Crippen molar-refractivity contribution >= 4 is 27.6 Å². The summed E-state index contributed by atoms with van der Waals surface area (Å²) in [6.07, 6.45) is -0.216. The first kappa shape index (κ1) is 26.8. The van der Waals surface area contributed by atoms with Gasteiger partial charge in [0.05, 0.1) is 10.5 Å². The van der Waals surface area contributed by atoms with Crippen LogP contribution in [0.5, 0.6) is 17.2 Å². The van der Waals surface area contributed by atoms with E-state index >= 15 is 0 Å². The molecular formula is C27H28N2O8S. The molecule has 1 heterocycles. The van der Waals surface area contributed by atoms with Gasteiger partial charge in [-0.05, 0) is 66.6 Å². The minimum Gasteiger partial charge on any atom is -0.478 e. The van der Waals surface area contributed by atoms with Crippen molar-refractivity contribution in [2.45, 2.75) is 30.8 Å². The lowest BCUT2D eigenvalue weighted by Crippen LogP contribution is -2.37. The average Bonchev–Trinajstić information content (AvgIpc) is 3.35. The number of carbonyl (C=O) groups is 2. The molecule has 3 aromatic rings. The lowest BCUT2D eigenvalue weighted by atomic mass is 10.0. The van der Waals surface area contributed by atoms with Crippen LogP contribution in [0.1, 0.15) is 40.9 Å². The van der Waals surface area contributed by atoms with Crippen molar-refractivity contribution in [3.8, 4) is 17.2 Å². The third-order valence-corrected chi connectivity index (χ3v) is 7.27. The number of nitrogens with one attached hydrogen (secondary N) is 1. The molecule has 0 aromatic heterocycles. The molecule has 10 nitrogen and oxygen atoms in total. The first-order valence-corrected chi connectivity index (χ1v) is 13.3. The summed E-state index contributed by atoms with van der Waals surface area (Å²) in [5.41, 5.74) is 1.78. The summed E-state index contributed by atoms with van der Waals surface area (Å²) in [6, 6.07) is 15.1. The number of fused-ring (bicyclic) bond motifs is 1. The van der Waals surface area contributed by atoms with Crippen LogP contribution in [0.4, 0.5) is 5.69 Å². The quantitative estimate of drug-likeness (QED) is 0.395. The molecule has 0 spiro atoms. The summed E-state index contributed by atoms with van der Waals surface area (Å²) in [5.74, 6) is -0.877. The number of rotatable bonds is 10. The second kappa shape index (κ2) is 11.0. The van der Waals surface area contributed by atoms with Crippen molar-refractivity contribution in [3.63, 3.8) is 0 Å². The van der Waals surface area contributed by atoms with Gasteiger partial charge >= 0.3 is 5.97 Å². The van der Waals surface area contributed by atoms with Crippen molar-refractivity contribution in [1.82, 2.24) is 4.72 Å². The number of carboxylic acids is 1. The van der Waals surface area contributed by atoms with Crippen LogP contribution in [-0.2, 0) is 21.2 Å². The molecule has 0 saturated heterocycles. The van der Waals surface area contributed by atoms with E-state index in [1.807, 2.05) is 25.9 Å². The summed E-state index contributed by atoms with van der Waals surface area (Å²) >= 11 is 0. The molecular weight excluding hydrogens is 512 g/mol. The van der Waals surface area contributed by atoms with Crippen molar-refractivity contribution in [3.05, 3.63) is 77.4 Å². The molecule has 0 bridgehead atoms. The Morgan fingerprint density at radius 2 is 1.74 bits per heavy atom. The number of anilines is 1. The number of amides is 1. The molecule has 0 fully saturated rings. The summed E-state index contributed by atoms with van der Waals surface area (Å²) in [6.45, 7) is 1.94. The SMILES string of the molecule is CCCc1cc(C(=O)O)ccc1OC(C(=O)NS(=O)(=O)c1ccc(N(C)C)cc1)c1ccc2c(c1)OCO2. The molecule has 1 unspecified atom stereocenters. The Kier molecular flexibility index (Phi) is 7.77. The van der Waals surface area contributed by atoms with Crippen molar-refractivity contribution in [2.75, 3.05) is 25.8 Å². The minimum absolute atomic E-state index is 0.0190. The zero-order valence-electron chi connectivity index (χ0n) is 21.1. The highest BCUT2D eigenvalue weighted by Gasteiger charge is 2.30. The highest BCUT2D eigenvalue weighted by molar-refractivity contribution is 7.90. The normalized spacial score (nSPS) is 13.0. The van der Waals surface area contributed by atoms with Crippen LogP contribution in [0.25, 0.3) is 0 Å². The summed E-state index contributed by atoms with van der Waals surface area (Å²) in [7, 11) is -0.573. The molecule has 0 radical (unpaired) electrons. The molecule has 38 heavy (non-hydrogen) atoms. The third kappa shape index (κ3) is 5.83. The minimum atomic E-state index is -4.23. The van der Waals surface area contributed by atoms with Gasteiger partial charge in [-0.1, -0.05) is 19.4 Å². The van der Waals surface area contributed by atoms with Gasteiger partial charge in [0.1, 0.15) is 5.75 Å². The molecule has 1 atom stereocenters. The molecule has 1 amide bonds. The first-order valence-electron chi connectivity index (χ1n) is 11.9. The fraction of sp³-hybridized carbons (Fsp3) is 0.259. The molecule has 2 N–H and O–H groups in total. The van der Waals surface area contributed by atoms with Crippen molar-refractivity contribution < 1.29 is 37.3 Å². The van der Waals surface area contributed by atoms with Crippen LogP contribution in [0.2, 0.25) is 0 Å². The van der Waals surface area contributed by atoms with E-state index in [0.717, 1.165) is 5.69 Å². The van der Waals surface area contributed by atoms with E-state index in [1.165, 1.54) is 30.3 Å². The molecule has 4 rings (SSSR count). The number of carboxylic acid groups (broad SMARTS) is 1. The number of aromatic carboxylic acids is 1. The van der Waals surface area contributed by atoms with Gasteiger partial charge in [0.25, 0.3) is 15.9 Å². The maximum Gasteiger partial charge on any atom is 0.335 e. The molecule has 0 aliphatic carbocycles. The Balaban J connectivity index is 1.69. The number of benzene rings is 3. The van der Waals surface area contributed by atoms with Crippen LogP contribution >= 0.6 is 0 Å². The molecule has 11 heteroatoms. The number of hydrogen-bond acceptors (Lipinski definition) is 8. The smallest absolute Gasteiger partial charge is 0.335 e. The summed E-state index contributed by atoms with van der Waals surface area (Å²) in [4.78, 5) is 26.7. The Morgan fingerprint density at radius 1 is 1.03 bits per heavy atom. The van der Waals surface area contributed by atoms with E-state index in [-0.39, 0.29) is 23.0 Å². The second-order valence-corrected chi connectivity index (χ2v) is 10.5. The number of nitrogens with zero attached hydrogens (tertiary/aromatic N) is 1. The van der Waals surface area contributed by atoms with Gasteiger partial charge in [0, 0.05) is 25.3 Å². The predicted octanol–water partition coefficient (Wildman–Crippen LogP) is 3.76. The topological polar surface area (TPSA) is 131 Å². The molecule has 1 aliphatic heterocycles. The lowest BCUT2D eigenvalue weighted by Gasteiger charge is -2.21. The largest absolute Gasteiger partial charge is 0.478 e. The van der Waals surface area contributed by atoms with Gasteiger partial charge in [0.15, 0.2) is 11.5 Å². The third-order valence-electron chi connectivity index (χ3n) is 5.91. The average molecular weight is 541 g/mol. The zero-order chi connectivity index (χ0) is 27.4. The fourth-order valence-electron chi connectivity index (χ4n) is 3.94. The Morgan fingerprint density at radius 3 is 2.39 bits per heavy atom. The maximum atomic E-state index is 13.5. The van der Waals surface area contributed by atoms with Crippen molar-refractivity contribution in [1.29, 1.82) is 0 Å². The fourth-order valence-corrected chi connectivity index (χ4v) is 4.92. The summed E-state index contributed by atoms with van der Waals surface area (Å²) < 4.78 is 45.1. The standard InChI is InChI=1S/C27H28N2O8S/c1-4-5-17-14-19(27(31)32)7-12-22(17)37-25(18-6-13-23-24(15-18)36-16-35-23)26(30)28-38(33,34)21-10-8-20(9-11-21)29(2)3/h6-15,25H,4-5,16H2,1-3H3,(H,28,30)(H,31,32). The Bertz CT molecular complexity index is 1450. The van der Waals surface area contributed by atoms with E-state index in [2.05, 4.69) is 4.72 Å². The van der Waals surface area contributed by atoms with E-state index in [4.69, 9.17) is 14.2 Å². The number of hydrogen-bond donors (Lipinski definition) is 2. The lowest BCUT2D eigenvalue weighted by molar-refractivity contribution is -0.126. The van der Waals surface area contributed by atoms with E-state index in [9.17, 15) is 23.1 Å². The van der Waals surface area contributed by atoms with E-state index < -0.39 is 28.0 Å². The highest BCUT2D eigenvalue weighted by Crippen LogP contribution is 2.36. The second-order valence-electron chi connectivity index (χ2n) is 8.85. The van der Waals surface area contributed by atoms with Crippen LogP contribution in [0.3, 0.4) is 0 Å². The van der Waals surface area contributed by atoms with Gasteiger partial charge in [-0.25, -0.2) is 17.9 Å². The van der Waals surface area contributed by atoms with Gasteiger partial charge in [-0.2, -0.15) is 0 Å². The summed E-state index contributed by atoms with van der Waals surface area (Å²) in [5, 5.41) is 9.39. The molecule has 1 aliphatic rings. The van der Waals surface area contributed by atoms with Gasteiger partial charge in [-0.15, -0.1) is 0 Å². The maximum absolute atomic E-state index is 13.5. The van der Waals surface area contributed by atoms with Crippen LogP contribution in [0.15, 0.2) is 65.6 Å². The van der Waals surface area contributed by atoms with Gasteiger partial charge < -0.3 is 24.2 Å². The van der Waals surface area contributed by atoms with Gasteiger partial charge in [-0.3, -0.25) is 4.79 Å². The van der Waals surface area contributed by atoms with Gasteiger partial charge in [0.2, 0.25) is 12.9 Å². The first-order chi connectivity index (χ1) is 18.1. The van der Waals surface area contributed by atoms with E-state index in [0.29, 0.717) is 35.5 Å². The Labute approximate surface area is 220 Å². The number of aryl methyl sites for hydroxylation is 1. The monoisotopic (exact) mass is 540 g/mol. The number of carbonyl (C=O) groups excluding carboxylic acids is 1. The van der Waals surface area contributed by atoms with Crippen LogP contribution in [-0.4, -0.2) is 46.3 Å². The Hall–Kier alpha value is -4.25. The molecule has 200 valence electrons. The molecule has 3 aromatic carbocycles. The highest BCUT2D eigenvalue weighted by atomic mass is 32.2. The van der Waals surface area contributed by atoms with E-state index in [1.54, 1.807) is 30.3 Å².